The van der Waals surface area contributed by atoms with Gasteiger partial charge in [-0.15, -0.1) is 0 Å². The molecule has 2 N–H and O–H groups in total. The van der Waals surface area contributed by atoms with Gasteiger partial charge in [-0.1, -0.05) is 18.2 Å². The van der Waals surface area contributed by atoms with E-state index in [0.29, 0.717) is 18.7 Å². The predicted molar refractivity (Wildman–Crippen MR) is 108 cm³/mol. The zero-order valence-corrected chi connectivity index (χ0v) is 15.6. The number of rotatable bonds is 5. The minimum Gasteiger partial charge on any atom is -0.368 e. The van der Waals surface area contributed by atoms with Crippen LogP contribution in [0.15, 0.2) is 59.9 Å². The topological polar surface area (TPSA) is 72.9 Å². The highest BCUT2D eigenvalue weighted by molar-refractivity contribution is 5.93. The van der Waals surface area contributed by atoms with Crippen molar-refractivity contribution in [2.75, 3.05) is 51.2 Å². The predicted octanol–water partition coefficient (Wildman–Crippen LogP) is 1.21. The van der Waals surface area contributed by atoms with Gasteiger partial charge >= 0.3 is 0 Å². The number of carbonyl (C=O) groups excluding carboxylic acids is 1. The molecular formula is C20H26N6O. The first-order chi connectivity index (χ1) is 13.3. The van der Waals surface area contributed by atoms with Crippen molar-refractivity contribution >= 4 is 17.6 Å². The summed E-state index contributed by atoms with van der Waals surface area (Å²) in [6.07, 6.45) is 3.22. The molecule has 3 rings (SSSR count). The average Bonchev–Trinajstić information content (AvgIpc) is 2.75. The summed E-state index contributed by atoms with van der Waals surface area (Å²) in [6, 6.07) is 14.0. The molecule has 2 aromatic rings. The van der Waals surface area contributed by atoms with E-state index < -0.39 is 0 Å². The van der Waals surface area contributed by atoms with Crippen LogP contribution >= 0.6 is 0 Å². The van der Waals surface area contributed by atoms with Crippen LogP contribution in [0, 0.1) is 0 Å². The minimum atomic E-state index is -0.114. The molecule has 0 aliphatic carbocycles. The van der Waals surface area contributed by atoms with Gasteiger partial charge in [-0.25, -0.2) is 0 Å². The number of guanidine groups is 1. The Morgan fingerprint density at radius 2 is 1.78 bits per heavy atom. The maximum absolute atomic E-state index is 12.0. The van der Waals surface area contributed by atoms with Crippen LogP contribution in [0.5, 0.6) is 0 Å². The van der Waals surface area contributed by atoms with E-state index in [1.54, 1.807) is 31.6 Å². The summed E-state index contributed by atoms with van der Waals surface area (Å²) in [5.74, 6) is 0.759. The maximum Gasteiger partial charge on any atom is 0.252 e. The van der Waals surface area contributed by atoms with Gasteiger partial charge < -0.3 is 20.4 Å². The molecule has 0 bridgehead atoms. The Balaban J connectivity index is 1.40. The van der Waals surface area contributed by atoms with Crippen LogP contribution in [0.25, 0.3) is 0 Å². The molecule has 0 spiro atoms. The summed E-state index contributed by atoms with van der Waals surface area (Å²) < 4.78 is 0. The van der Waals surface area contributed by atoms with Crippen LogP contribution in [0.1, 0.15) is 10.4 Å². The fourth-order valence-electron chi connectivity index (χ4n) is 3.10. The number of nitrogens with zero attached hydrogens (tertiary/aromatic N) is 4. The fraction of sp³-hybridized carbons (Fsp3) is 0.350. The number of carbonyl (C=O) groups is 1. The average molecular weight is 366 g/mol. The number of benzene rings is 1. The van der Waals surface area contributed by atoms with Crippen molar-refractivity contribution in [3.63, 3.8) is 0 Å². The number of nitrogens with one attached hydrogen (secondary N) is 2. The second-order valence-corrected chi connectivity index (χ2v) is 6.28. The molecule has 1 aliphatic heterocycles. The zero-order valence-electron chi connectivity index (χ0n) is 15.6. The van der Waals surface area contributed by atoms with Gasteiger partial charge in [0, 0.05) is 64.4 Å². The molecule has 1 aromatic carbocycles. The van der Waals surface area contributed by atoms with Crippen LogP contribution in [0.4, 0.5) is 5.69 Å². The second-order valence-electron chi connectivity index (χ2n) is 6.28. The van der Waals surface area contributed by atoms with E-state index in [9.17, 15) is 4.79 Å². The molecule has 0 unspecified atom stereocenters. The quantitative estimate of drug-likeness (QED) is 0.473. The number of aromatic nitrogens is 1. The largest absolute Gasteiger partial charge is 0.368 e. The lowest BCUT2D eigenvalue weighted by Crippen LogP contribution is -2.53. The van der Waals surface area contributed by atoms with Crippen molar-refractivity contribution < 1.29 is 4.79 Å². The molecule has 1 saturated heterocycles. The number of anilines is 1. The van der Waals surface area contributed by atoms with Crippen molar-refractivity contribution in [2.45, 2.75) is 0 Å². The molecule has 142 valence electrons. The number of piperazine rings is 1. The van der Waals surface area contributed by atoms with Gasteiger partial charge in [0.05, 0.1) is 5.56 Å². The van der Waals surface area contributed by atoms with Crippen molar-refractivity contribution in [3.05, 3.63) is 60.4 Å². The highest BCUT2D eigenvalue weighted by atomic mass is 16.1. The number of aliphatic imine (C=N–C) groups is 1. The lowest BCUT2D eigenvalue weighted by atomic mass is 10.2. The first kappa shape index (κ1) is 18.7. The zero-order chi connectivity index (χ0) is 18.9. The van der Waals surface area contributed by atoms with Crippen molar-refractivity contribution in [3.8, 4) is 0 Å². The molecule has 1 amide bonds. The van der Waals surface area contributed by atoms with E-state index in [1.165, 1.54) is 5.69 Å². The van der Waals surface area contributed by atoms with E-state index in [-0.39, 0.29) is 5.91 Å². The number of hydrogen-bond donors (Lipinski definition) is 2. The van der Waals surface area contributed by atoms with E-state index in [0.717, 1.165) is 32.1 Å². The molecule has 7 heteroatoms. The Morgan fingerprint density at radius 1 is 1.04 bits per heavy atom. The van der Waals surface area contributed by atoms with Crippen LogP contribution < -0.4 is 15.5 Å². The van der Waals surface area contributed by atoms with Gasteiger partial charge in [-0.3, -0.25) is 14.8 Å². The summed E-state index contributed by atoms with van der Waals surface area (Å²) in [5.41, 5.74) is 1.83. The van der Waals surface area contributed by atoms with Gasteiger partial charge in [-0.2, -0.15) is 0 Å². The lowest BCUT2D eigenvalue weighted by Gasteiger charge is -2.37. The molecule has 2 heterocycles. The van der Waals surface area contributed by atoms with E-state index >= 15 is 0 Å². The standard InChI is InChI=1S/C20H26N6O/c1-21-20(24-11-10-23-19(27)17-6-5-9-22-16-17)26-14-12-25(13-15-26)18-7-3-2-4-8-18/h2-9,16H,10-15H2,1H3,(H,21,24)(H,23,27). The van der Waals surface area contributed by atoms with E-state index in [2.05, 4.69) is 54.7 Å². The Bertz CT molecular complexity index is 742. The Morgan fingerprint density at radius 3 is 2.44 bits per heavy atom. The van der Waals surface area contributed by atoms with Gasteiger partial charge in [0.1, 0.15) is 0 Å². The van der Waals surface area contributed by atoms with Gasteiger partial charge in [0.25, 0.3) is 5.91 Å². The van der Waals surface area contributed by atoms with Crippen molar-refractivity contribution in [1.29, 1.82) is 0 Å². The van der Waals surface area contributed by atoms with Gasteiger partial charge in [-0.05, 0) is 24.3 Å². The molecule has 1 aromatic heterocycles. The smallest absolute Gasteiger partial charge is 0.252 e. The molecule has 0 atom stereocenters. The number of amides is 1. The molecule has 27 heavy (non-hydrogen) atoms. The lowest BCUT2D eigenvalue weighted by molar-refractivity contribution is 0.0954. The Hall–Kier alpha value is -3.09. The van der Waals surface area contributed by atoms with Crippen LogP contribution in [0.2, 0.25) is 0 Å². The third kappa shape index (κ3) is 5.20. The normalized spacial score (nSPS) is 14.8. The fourth-order valence-corrected chi connectivity index (χ4v) is 3.10. The van der Waals surface area contributed by atoms with Crippen LogP contribution in [-0.4, -0.2) is 68.1 Å². The molecule has 1 fully saturated rings. The first-order valence-electron chi connectivity index (χ1n) is 9.22. The molecule has 7 nitrogen and oxygen atoms in total. The molecular weight excluding hydrogens is 340 g/mol. The SMILES string of the molecule is CN=C(NCCNC(=O)c1cccnc1)N1CCN(c2ccccc2)CC1. The molecule has 0 saturated carbocycles. The summed E-state index contributed by atoms with van der Waals surface area (Å²) >= 11 is 0. The maximum atomic E-state index is 12.0. The monoisotopic (exact) mass is 366 g/mol. The molecule has 1 aliphatic rings. The number of para-hydroxylation sites is 1. The van der Waals surface area contributed by atoms with Gasteiger partial charge in [0.15, 0.2) is 5.96 Å². The van der Waals surface area contributed by atoms with Gasteiger partial charge in [0.2, 0.25) is 0 Å². The summed E-state index contributed by atoms with van der Waals surface area (Å²) in [7, 11) is 1.79. The summed E-state index contributed by atoms with van der Waals surface area (Å²) in [4.78, 5) is 25.0. The Labute approximate surface area is 160 Å². The molecule has 0 radical (unpaired) electrons. The minimum absolute atomic E-state index is 0.114. The van der Waals surface area contributed by atoms with Crippen molar-refractivity contribution in [2.24, 2.45) is 4.99 Å². The van der Waals surface area contributed by atoms with Crippen LogP contribution in [0.3, 0.4) is 0 Å². The second kappa shape index (κ2) is 9.56. The van der Waals surface area contributed by atoms with Crippen molar-refractivity contribution in [1.82, 2.24) is 20.5 Å². The van der Waals surface area contributed by atoms with E-state index in [4.69, 9.17) is 0 Å². The summed E-state index contributed by atoms with van der Waals surface area (Å²) in [6.45, 7) is 4.90. The number of pyridine rings is 1. The summed E-state index contributed by atoms with van der Waals surface area (Å²) in [5, 5.41) is 6.21. The van der Waals surface area contributed by atoms with E-state index in [1.807, 2.05) is 6.07 Å². The van der Waals surface area contributed by atoms with Crippen LogP contribution in [-0.2, 0) is 0 Å². The third-order valence-corrected chi connectivity index (χ3v) is 4.53. The number of hydrogen-bond acceptors (Lipinski definition) is 4. The Kier molecular flexibility index (Phi) is 6.62. The highest BCUT2D eigenvalue weighted by Gasteiger charge is 2.19. The first-order valence-corrected chi connectivity index (χ1v) is 9.22. The highest BCUT2D eigenvalue weighted by Crippen LogP contribution is 2.15. The third-order valence-electron chi connectivity index (χ3n) is 4.53.